The first-order valence-electron chi connectivity index (χ1n) is 7.44. The minimum absolute atomic E-state index is 0. The molecule has 1 N–H and O–H groups in total. The number of nitrogens with one attached hydrogen (secondary N) is 1. The third-order valence-corrected chi connectivity index (χ3v) is 5.06. The number of fused-ring (bicyclic) bond motifs is 1. The van der Waals surface area contributed by atoms with Gasteiger partial charge in [-0.25, -0.2) is 4.98 Å². The van der Waals surface area contributed by atoms with Crippen LogP contribution in [0.2, 0.25) is 0 Å². The number of pyridine rings is 1. The van der Waals surface area contributed by atoms with Crippen LogP contribution in [-0.2, 0) is 16.6 Å². The fourth-order valence-corrected chi connectivity index (χ4v) is 3.71. The second kappa shape index (κ2) is 8.04. The number of aryl methyl sites for hydroxylation is 1. The Labute approximate surface area is 162 Å². The molecule has 25 heavy (non-hydrogen) atoms. The van der Waals surface area contributed by atoms with Crippen LogP contribution in [-0.4, -0.2) is 33.4 Å². The third kappa shape index (κ3) is 3.89. The van der Waals surface area contributed by atoms with Gasteiger partial charge < -0.3 is 15.9 Å². The van der Waals surface area contributed by atoms with Crippen molar-refractivity contribution in [3.8, 4) is 11.5 Å². The number of aromatic nitrogens is 3. The molecular formula is C17H20LiN3O3S. The van der Waals surface area contributed by atoms with Gasteiger partial charge in [-0.3, -0.25) is 9.19 Å². The van der Waals surface area contributed by atoms with E-state index in [-0.39, 0.29) is 26.0 Å². The fourth-order valence-electron chi connectivity index (χ4n) is 2.61. The summed E-state index contributed by atoms with van der Waals surface area (Å²) in [5.41, 5.74) is 4.16. The van der Waals surface area contributed by atoms with E-state index in [1.807, 2.05) is 32.0 Å². The molecule has 0 aliphatic rings. The number of ether oxygens (including phenoxy) is 2. The van der Waals surface area contributed by atoms with Crippen molar-refractivity contribution in [3.63, 3.8) is 0 Å². The van der Waals surface area contributed by atoms with E-state index in [9.17, 15) is 4.21 Å². The topological polar surface area (TPSA) is 77.1 Å². The summed E-state index contributed by atoms with van der Waals surface area (Å²) >= 11 is 0. The predicted molar refractivity (Wildman–Crippen MR) is 94.1 cm³/mol. The van der Waals surface area contributed by atoms with Gasteiger partial charge in [0, 0.05) is 23.4 Å². The zero-order chi connectivity index (χ0) is 17.3. The molecule has 2 aromatic heterocycles. The Kier molecular flexibility index (Phi) is 6.28. The van der Waals surface area contributed by atoms with E-state index in [1.54, 1.807) is 20.4 Å². The van der Waals surface area contributed by atoms with E-state index in [1.165, 1.54) is 0 Å². The smallest absolute Gasteiger partial charge is 1.00 e. The minimum Gasteiger partial charge on any atom is -1.00 e. The molecule has 8 heteroatoms. The Morgan fingerprint density at radius 3 is 2.68 bits per heavy atom. The van der Waals surface area contributed by atoms with Gasteiger partial charge in [-0.2, -0.15) is 0 Å². The quantitative estimate of drug-likeness (QED) is 0.654. The molecule has 0 radical (unpaired) electrons. The van der Waals surface area contributed by atoms with E-state index in [2.05, 4.69) is 15.0 Å². The number of hydrogen-bond acceptors (Lipinski definition) is 5. The average molecular weight is 353 g/mol. The molecule has 2 heterocycles. The Morgan fingerprint density at radius 2 is 2.00 bits per heavy atom. The summed E-state index contributed by atoms with van der Waals surface area (Å²) in [6, 6.07) is 5.50. The van der Waals surface area contributed by atoms with Crippen molar-refractivity contribution in [1.82, 2.24) is 15.0 Å². The standard InChI is InChI=1S/C17H19N3O3S.Li.H/c1-10-8-18-15(11(2)16(10)23-4)9-24(21)17-19-13-6-5-12(22-3)7-14(13)20-17;;/h5-8H,9H2,1-4H3,(H,19,20);;/q;+1;-1/t24-;;/m1../s1. The number of nitrogens with zero attached hydrogens (tertiary/aromatic N) is 2. The Bertz CT molecular complexity index is 933. The number of aromatic amines is 1. The average Bonchev–Trinajstić information content (AvgIpc) is 3.01. The van der Waals surface area contributed by atoms with Crippen molar-refractivity contribution in [1.29, 1.82) is 0 Å². The van der Waals surface area contributed by atoms with Gasteiger partial charge in [0.25, 0.3) is 0 Å². The molecule has 0 spiro atoms. The van der Waals surface area contributed by atoms with E-state index in [0.717, 1.165) is 39.4 Å². The summed E-state index contributed by atoms with van der Waals surface area (Å²) in [6.07, 6.45) is 1.74. The van der Waals surface area contributed by atoms with Crippen molar-refractivity contribution in [2.45, 2.75) is 24.8 Å². The Balaban J connectivity index is 0.00000169. The third-order valence-electron chi connectivity index (χ3n) is 3.90. The van der Waals surface area contributed by atoms with Crippen LogP contribution in [0.15, 0.2) is 29.6 Å². The number of rotatable bonds is 5. The largest absolute Gasteiger partial charge is 1.00 e. The van der Waals surface area contributed by atoms with Crippen molar-refractivity contribution < 1.29 is 34.0 Å². The molecule has 0 unspecified atom stereocenters. The molecule has 0 amide bonds. The van der Waals surface area contributed by atoms with E-state index < -0.39 is 10.8 Å². The molecule has 0 fully saturated rings. The molecule has 0 saturated heterocycles. The van der Waals surface area contributed by atoms with Crippen molar-refractivity contribution in [2.24, 2.45) is 0 Å². The van der Waals surface area contributed by atoms with Crippen molar-refractivity contribution >= 4 is 21.8 Å². The zero-order valence-corrected chi connectivity index (χ0v) is 15.9. The molecule has 0 bridgehead atoms. The SMILES string of the molecule is COc1ccc2nc([S@](=O)Cc3ncc(C)c(OC)c3C)[nH]c2c1.[H-].[Li+]. The van der Waals surface area contributed by atoms with E-state index >= 15 is 0 Å². The molecule has 0 saturated carbocycles. The molecule has 128 valence electrons. The Hall–Kier alpha value is -1.81. The van der Waals surface area contributed by atoms with Gasteiger partial charge in [0.15, 0.2) is 5.16 Å². The summed E-state index contributed by atoms with van der Waals surface area (Å²) < 4.78 is 23.3. The predicted octanol–water partition coefficient (Wildman–Crippen LogP) is 0.0162. The molecule has 0 aliphatic heterocycles. The second-order valence-electron chi connectivity index (χ2n) is 5.46. The first-order valence-corrected chi connectivity index (χ1v) is 8.76. The summed E-state index contributed by atoms with van der Waals surface area (Å²) in [5.74, 6) is 1.79. The first-order chi connectivity index (χ1) is 11.5. The van der Waals surface area contributed by atoms with Gasteiger partial charge in [-0.1, -0.05) is 0 Å². The number of methoxy groups -OCH3 is 2. The maximum atomic E-state index is 12.7. The van der Waals surface area contributed by atoms with Crippen LogP contribution in [0.1, 0.15) is 18.2 Å². The number of H-pyrrole nitrogens is 1. The molecule has 3 rings (SSSR count). The fraction of sp³-hybridized carbons (Fsp3) is 0.294. The van der Waals surface area contributed by atoms with Gasteiger partial charge >= 0.3 is 18.9 Å². The van der Waals surface area contributed by atoms with E-state index in [0.29, 0.717) is 5.16 Å². The minimum atomic E-state index is -1.33. The second-order valence-corrected chi connectivity index (χ2v) is 6.83. The van der Waals surface area contributed by atoms with E-state index in [4.69, 9.17) is 9.47 Å². The van der Waals surface area contributed by atoms with Crippen LogP contribution in [0.3, 0.4) is 0 Å². The summed E-state index contributed by atoms with van der Waals surface area (Å²) in [5, 5.41) is 0.430. The molecular weight excluding hydrogens is 333 g/mol. The maximum Gasteiger partial charge on any atom is 1.00 e. The van der Waals surface area contributed by atoms with Crippen LogP contribution in [0, 0.1) is 13.8 Å². The van der Waals surface area contributed by atoms with Gasteiger partial charge in [0.05, 0.1) is 47.5 Å². The normalized spacial score (nSPS) is 11.8. The monoisotopic (exact) mass is 353 g/mol. The van der Waals surface area contributed by atoms with Gasteiger partial charge in [-0.05, 0) is 26.0 Å². The summed E-state index contributed by atoms with van der Waals surface area (Å²) in [7, 11) is 1.91. The number of imidazole rings is 1. The first kappa shape index (κ1) is 19.5. The summed E-state index contributed by atoms with van der Waals surface area (Å²) in [4.78, 5) is 11.9. The van der Waals surface area contributed by atoms with Crippen molar-refractivity contribution in [2.75, 3.05) is 14.2 Å². The Morgan fingerprint density at radius 1 is 1.24 bits per heavy atom. The van der Waals surface area contributed by atoms with Crippen LogP contribution in [0.4, 0.5) is 0 Å². The molecule has 1 aromatic carbocycles. The maximum absolute atomic E-state index is 12.7. The number of hydrogen-bond donors (Lipinski definition) is 1. The van der Waals surface area contributed by atoms with Crippen LogP contribution < -0.4 is 28.3 Å². The van der Waals surface area contributed by atoms with Crippen molar-refractivity contribution in [3.05, 3.63) is 41.2 Å². The summed E-state index contributed by atoms with van der Waals surface area (Å²) in [6.45, 7) is 3.86. The number of benzene rings is 1. The molecule has 3 aromatic rings. The molecule has 6 nitrogen and oxygen atoms in total. The van der Waals surface area contributed by atoms with Crippen LogP contribution in [0.25, 0.3) is 11.0 Å². The van der Waals surface area contributed by atoms with Gasteiger partial charge in [0.2, 0.25) is 0 Å². The van der Waals surface area contributed by atoms with Gasteiger partial charge in [-0.15, -0.1) is 0 Å². The van der Waals surface area contributed by atoms with Crippen LogP contribution >= 0.6 is 0 Å². The molecule has 1 atom stereocenters. The van der Waals surface area contributed by atoms with Crippen LogP contribution in [0.5, 0.6) is 11.5 Å². The van der Waals surface area contributed by atoms with Gasteiger partial charge in [0.1, 0.15) is 11.5 Å². The molecule has 0 aliphatic carbocycles. The zero-order valence-electron chi connectivity index (χ0n) is 16.0.